The standard InChI is InChI=1S/C20H20ClF3N2O2/c21-15-5-1-2-6-18(15)28-12-9-19(27)25-16-13-14(20(22,23)24)7-8-17(16)26-10-3-4-11-26/h1-2,5-8,13H,3-4,9-12H2,(H,25,27). The van der Waals surface area contributed by atoms with Gasteiger partial charge in [-0.3, -0.25) is 4.79 Å². The molecule has 1 N–H and O–H groups in total. The van der Waals surface area contributed by atoms with E-state index in [0.717, 1.165) is 38.1 Å². The Morgan fingerprint density at radius 3 is 2.54 bits per heavy atom. The lowest BCUT2D eigenvalue weighted by atomic mass is 10.1. The van der Waals surface area contributed by atoms with Crippen molar-refractivity contribution in [2.75, 3.05) is 29.9 Å². The maximum atomic E-state index is 13.1. The van der Waals surface area contributed by atoms with E-state index in [4.69, 9.17) is 16.3 Å². The number of hydrogen-bond donors (Lipinski definition) is 1. The minimum Gasteiger partial charge on any atom is -0.491 e. The van der Waals surface area contributed by atoms with E-state index in [1.807, 2.05) is 4.90 Å². The number of benzene rings is 2. The van der Waals surface area contributed by atoms with Gasteiger partial charge in [0.05, 0.1) is 35.0 Å². The van der Waals surface area contributed by atoms with E-state index >= 15 is 0 Å². The number of para-hydroxylation sites is 1. The maximum absolute atomic E-state index is 13.1. The van der Waals surface area contributed by atoms with Gasteiger partial charge in [0.2, 0.25) is 5.91 Å². The normalized spacial score (nSPS) is 14.2. The Bertz CT molecular complexity index is 836. The molecule has 0 radical (unpaired) electrons. The van der Waals surface area contributed by atoms with Crippen LogP contribution in [0, 0.1) is 0 Å². The summed E-state index contributed by atoms with van der Waals surface area (Å²) < 4.78 is 44.7. The average Bonchev–Trinajstić information content (AvgIpc) is 3.17. The molecule has 1 aliphatic heterocycles. The van der Waals surface area contributed by atoms with Crippen molar-refractivity contribution in [2.45, 2.75) is 25.4 Å². The number of halogens is 4. The Morgan fingerprint density at radius 2 is 1.86 bits per heavy atom. The quantitative estimate of drug-likeness (QED) is 0.693. The van der Waals surface area contributed by atoms with E-state index in [9.17, 15) is 18.0 Å². The highest BCUT2D eigenvalue weighted by Crippen LogP contribution is 2.36. The smallest absolute Gasteiger partial charge is 0.416 e. The predicted octanol–water partition coefficient (Wildman–Crippen LogP) is 5.37. The molecule has 0 aromatic heterocycles. The molecular formula is C20H20ClF3N2O2. The zero-order valence-electron chi connectivity index (χ0n) is 15.1. The van der Waals surface area contributed by atoms with E-state index in [-0.39, 0.29) is 18.7 Å². The summed E-state index contributed by atoms with van der Waals surface area (Å²) in [6.07, 6.45) is -2.54. The van der Waals surface area contributed by atoms with Crippen molar-refractivity contribution in [3.63, 3.8) is 0 Å². The molecule has 28 heavy (non-hydrogen) atoms. The van der Waals surface area contributed by atoms with Crippen LogP contribution in [-0.2, 0) is 11.0 Å². The Morgan fingerprint density at radius 1 is 1.14 bits per heavy atom. The van der Waals surface area contributed by atoms with Gasteiger partial charge in [-0.1, -0.05) is 23.7 Å². The molecule has 1 saturated heterocycles. The van der Waals surface area contributed by atoms with Crippen molar-refractivity contribution in [3.05, 3.63) is 53.1 Å². The number of amides is 1. The van der Waals surface area contributed by atoms with Crippen molar-refractivity contribution in [1.82, 2.24) is 0 Å². The van der Waals surface area contributed by atoms with Crippen LogP contribution in [0.25, 0.3) is 0 Å². The summed E-state index contributed by atoms with van der Waals surface area (Å²) >= 11 is 5.99. The Labute approximate surface area is 166 Å². The summed E-state index contributed by atoms with van der Waals surface area (Å²) in [5, 5.41) is 3.04. The van der Waals surface area contributed by atoms with Crippen LogP contribution in [-0.4, -0.2) is 25.6 Å². The van der Waals surface area contributed by atoms with E-state index in [1.165, 1.54) is 6.07 Å². The van der Waals surface area contributed by atoms with Crippen LogP contribution in [0.4, 0.5) is 24.5 Å². The van der Waals surface area contributed by atoms with Crippen LogP contribution < -0.4 is 15.0 Å². The largest absolute Gasteiger partial charge is 0.491 e. The third-order valence-electron chi connectivity index (χ3n) is 4.47. The van der Waals surface area contributed by atoms with Crippen molar-refractivity contribution in [3.8, 4) is 5.75 Å². The molecule has 1 heterocycles. The second kappa shape index (κ2) is 8.73. The topological polar surface area (TPSA) is 41.6 Å². The molecular weight excluding hydrogens is 393 g/mol. The number of rotatable bonds is 6. The maximum Gasteiger partial charge on any atom is 0.416 e. The minimum absolute atomic E-state index is 0.0130. The molecule has 0 bridgehead atoms. The lowest BCUT2D eigenvalue weighted by Gasteiger charge is -2.23. The Hall–Kier alpha value is -2.41. The first-order chi connectivity index (χ1) is 13.3. The van der Waals surface area contributed by atoms with Crippen LogP contribution in [0.2, 0.25) is 5.02 Å². The summed E-state index contributed by atoms with van der Waals surface area (Å²) in [6.45, 7) is 1.57. The number of alkyl halides is 3. The zero-order chi connectivity index (χ0) is 20.1. The van der Waals surface area contributed by atoms with Crippen molar-refractivity contribution < 1.29 is 22.7 Å². The van der Waals surface area contributed by atoms with Gasteiger partial charge in [0.1, 0.15) is 5.75 Å². The third kappa shape index (κ3) is 5.10. The molecule has 2 aromatic rings. The molecule has 0 aliphatic carbocycles. The molecule has 0 atom stereocenters. The van der Waals surface area contributed by atoms with Gasteiger partial charge in [0, 0.05) is 13.1 Å². The number of ether oxygens (including phenoxy) is 1. The summed E-state index contributed by atoms with van der Waals surface area (Å²) in [5.74, 6) is 0.0283. The summed E-state index contributed by atoms with van der Waals surface area (Å²) in [7, 11) is 0. The fourth-order valence-corrected chi connectivity index (χ4v) is 3.26. The minimum atomic E-state index is -4.48. The third-order valence-corrected chi connectivity index (χ3v) is 4.78. The number of nitrogens with one attached hydrogen (secondary N) is 1. The van der Waals surface area contributed by atoms with Gasteiger partial charge in [-0.2, -0.15) is 13.2 Å². The molecule has 1 aliphatic rings. The number of anilines is 2. The fraction of sp³-hybridized carbons (Fsp3) is 0.350. The molecule has 150 valence electrons. The van der Waals surface area contributed by atoms with Crippen molar-refractivity contribution >= 4 is 28.9 Å². The molecule has 2 aromatic carbocycles. The predicted molar refractivity (Wildman–Crippen MR) is 103 cm³/mol. The zero-order valence-corrected chi connectivity index (χ0v) is 15.8. The molecule has 0 saturated carbocycles. The number of carbonyl (C=O) groups excluding carboxylic acids is 1. The summed E-state index contributed by atoms with van der Waals surface area (Å²) in [5.41, 5.74) is -0.0246. The van der Waals surface area contributed by atoms with Gasteiger partial charge in [-0.25, -0.2) is 0 Å². The monoisotopic (exact) mass is 412 g/mol. The molecule has 3 rings (SSSR count). The molecule has 1 amide bonds. The number of hydrogen-bond acceptors (Lipinski definition) is 3. The van der Waals surface area contributed by atoms with E-state index in [2.05, 4.69) is 5.32 Å². The highest BCUT2D eigenvalue weighted by atomic mass is 35.5. The first-order valence-corrected chi connectivity index (χ1v) is 9.36. The van der Waals surface area contributed by atoms with E-state index in [0.29, 0.717) is 16.5 Å². The van der Waals surface area contributed by atoms with Gasteiger partial charge in [0.25, 0.3) is 0 Å². The molecule has 0 unspecified atom stereocenters. The van der Waals surface area contributed by atoms with Crippen LogP contribution in [0.5, 0.6) is 5.75 Å². The summed E-state index contributed by atoms with van der Waals surface area (Å²) in [4.78, 5) is 14.3. The summed E-state index contributed by atoms with van der Waals surface area (Å²) in [6, 6.07) is 10.3. The van der Waals surface area contributed by atoms with Crippen molar-refractivity contribution in [1.29, 1.82) is 0 Å². The molecule has 4 nitrogen and oxygen atoms in total. The van der Waals surface area contributed by atoms with Crippen LogP contribution in [0.3, 0.4) is 0 Å². The average molecular weight is 413 g/mol. The molecule has 8 heteroatoms. The van der Waals surface area contributed by atoms with E-state index < -0.39 is 17.6 Å². The lowest BCUT2D eigenvalue weighted by molar-refractivity contribution is -0.137. The SMILES string of the molecule is O=C(CCOc1ccccc1Cl)Nc1cc(C(F)(F)F)ccc1N1CCCC1. The fourth-order valence-electron chi connectivity index (χ4n) is 3.07. The highest BCUT2D eigenvalue weighted by molar-refractivity contribution is 6.32. The van der Waals surface area contributed by atoms with Gasteiger partial charge in [-0.05, 0) is 43.2 Å². The van der Waals surface area contributed by atoms with Crippen LogP contribution in [0.1, 0.15) is 24.8 Å². The molecule has 0 spiro atoms. The lowest BCUT2D eigenvalue weighted by Crippen LogP contribution is -2.22. The van der Waals surface area contributed by atoms with Gasteiger partial charge < -0.3 is 15.0 Å². The second-order valence-corrected chi connectivity index (χ2v) is 6.91. The second-order valence-electron chi connectivity index (χ2n) is 6.50. The van der Waals surface area contributed by atoms with Gasteiger partial charge in [-0.15, -0.1) is 0 Å². The van der Waals surface area contributed by atoms with Gasteiger partial charge in [0.15, 0.2) is 0 Å². The van der Waals surface area contributed by atoms with Gasteiger partial charge >= 0.3 is 6.18 Å². The van der Waals surface area contributed by atoms with Crippen LogP contribution >= 0.6 is 11.6 Å². The Balaban J connectivity index is 1.68. The number of carbonyl (C=O) groups is 1. The first-order valence-electron chi connectivity index (χ1n) is 8.98. The Kier molecular flexibility index (Phi) is 6.34. The van der Waals surface area contributed by atoms with E-state index in [1.54, 1.807) is 24.3 Å². The van der Waals surface area contributed by atoms with Crippen LogP contribution in [0.15, 0.2) is 42.5 Å². The molecule has 1 fully saturated rings. The first kappa shape index (κ1) is 20.3. The van der Waals surface area contributed by atoms with Crippen molar-refractivity contribution in [2.24, 2.45) is 0 Å². The number of nitrogens with zero attached hydrogens (tertiary/aromatic N) is 1. The highest BCUT2D eigenvalue weighted by Gasteiger charge is 2.32.